The van der Waals surface area contributed by atoms with E-state index in [0.717, 1.165) is 10.2 Å². The summed E-state index contributed by atoms with van der Waals surface area (Å²) in [4.78, 5) is 0. The van der Waals surface area contributed by atoms with Crippen molar-refractivity contribution in [2.75, 3.05) is 0 Å². The van der Waals surface area contributed by atoms with Crippen molar-refractivity contribution >= 4 is 70.3 Å². The van der Waals surface area contributed by atoms with Crippen molar-refractivity contribution in [1.82, 2.24) is 9.13 Å². The molecule has 0 atom stereocenters. The molecule has 0 aliphatic carbocycles. The first-order valence-corrected chi connectivity index (χ1v) is 19.5. The maximum absolute atomic E-state index is 3.88. The van der Waals surface area contributed by atoms with E-state index in [1.807, 2.05) is 0 Å². The number of benzene rings is 9. The quantitative estimate of drug-likeness (QED) is 0.165. The van der Waals surface area contributed by atoms with Crippen LogP contribution in [0.2, 0.25) is 0 Å². The lowest BCUT2D eigenvalue weighted by molar-refractivity contribution is 1.18. The summed E-state index contributed by atoms with van der Waals surface area (Å²) >= 11 is 3.88. The van der Waals surface area contributed by atoms with E-state index in [1.165, 1.54) is 93.5 Å². The van der Waals surface area contributed by atoms with Crippen LogP contribution >= 0.6 is 15.9 Å². The number of nitrogens with zero attached hydrogens (tertiary/aromatic N) is 2. The molecule has 55 heavy (non-hydrogen) atoms. The number of aromatic nitrogens is 2. The SMILES string of the molecule is Brc1ccccc1-c1cc(-c2ccc3c(c2)c2ccccc2n3-c2ccc3ccccc3c2)cc(-c2ccc3c4ccccc4n(-c4ccccc4)c3c2)c1. The molecule has 0 unspecified atom stereocenters. The van der Waals surface area contributed by atoms with Crippen LogP contribution in [0.3, 0.4) is 0 Å². The lowest BCUT2D eigenvalue weighted by atomic mass is 9.92. The first-order valence-electron chi connectivity index (χ1n) is 18.7. The molecular weight excluding hydrogens is 732 g/mol. The Kier molecular flexibility index (Phi) is 7.36. The van der Waals surface area contributed by atoms with Crippen LogP contribution in [-0.2, 0) is 0 Å². The molecule has 2 nitrogen and oxygen atoms in total. The standard InChI is InChI=1S/C52H33BrN2/c53-48-19-9-6-16-43(48)40-29-38(28-39(30-40)37-23-26-46-44-17-7-10-20-49(44)54(52(46)33-37)41-14-2-1-3-15-41)36-24-27-51-47(32-36)45-18-8-11-21-50(45)55(51)42-25-22-34-12-4-5-13-35(34)31-42/h1-33H. The van der Waals surface area contributed by atoms with Crippen LogP contribution in [0.1, 0.15) is 0 Å². The average Bonchev–Trinajstić information content (AvgIpc) is 3.76. The molecule has 258 valence electrons. The number of hydrogen-bond acceptors (Lipinski definition) is 0. The third-order valence-electron chi connectivity index (χ3n) is 11.1. The fourth-order valence-corrected chi connectivity index (χ4v) is 9.08. The topological polar surface area (TPSA) is 9.86 Å². The van der Waals surface area contributed by atoms with E-state index in [9.17, 15) is 0 Å². The highest BCUT2D eigenvalue weighted by molar-refractivity contribution is 9.10. The molecule has 11 aromatic rings. The number of hydrogen-bond donors (Lipinski definition) is 0. The molecule has 9 aromatic carbocycles. The lowest BCUT2D eigenvalue weighted by Gasteiger charge is -2.14. The van der Waals surface area contributed by atoms with Crippen LogP contribution in [0.5, 0.6) is 0 Å². The van der Waals surface area contributed by atoms with Crippen LogP contribution in [0.25, 0.3) is 99.1 Å². The summed E-state index contributed by atoms with van der Waals surface area (Å²) in [5.74, 6) is 0. The van der Waals surface area contributed by atoms with E-state index >= 15 is 0 Å². The van der Waals surface area contributed by atoms with Crippen LogP contribution < -0.4 is 0 Å². The van der Waals surface area contributed by atoms with Crippen molar-refractivity contribution < 1.29 is 0 Å². The summed E-state index contributed by atoms with van der Waals surface area (Å²) in [6.45, 7) is 0. The Bertz CT molecular complexity index is 3280. The van der Waals surface area contributed by atoms with Crippen LogP contribution in [0.15, 0.2) is 205 Å². The van der Waals surface area contributed by atoms with Gasteiger partial charge in [0.1, 0.15) is 0 Å². The minimum atomic E-state index is 1.08. The summed E-state index contributed by atoms with van der Waals surface area (Å²) in [6, 6.07) is 73.0. The average molecular weight is 766 g/mol. The Morgan fingerprint density at radius 1 is 0.291 bits per heavy atom. The fraction of sp³-hybridized carbons (Fsp3) is 0. The maximum Gasteiger partial charge on any atom is 0.0547 e. The molecule has 0 bridgehead atoms. The zero-order chi connectivity index (χ0) is 36.5. The Hall–Kier alpha value is -6.68. The van der Waals surface area contributed by atoms with Crippen molar-refractivity contribution in [3.63, 3.8) is 0 Å². The van der Waals surface area contributed by atoms with Gasteiger partial charge in [-0.3, -0.25) is 0 Å². The molecule has 0 saturated heterocycles. The predicted molar refractivity (Wildman–Crippen MR) is 237 cm³/mol. The molecule has 2 aromatic heterocycles. The van der Waals surface area contributed by atoms with E-state index in [0.29, 0.717) is 0 Å². The second-order valence-electron chi connectivity index (χ2n) is 14.3. The van der Waals surface area contributed by atoms with Crippen LogP contribution in [-0.4, -0.2) is 9.13 Å². The van der Waals surface area contributed by atoms with Gasteiger partial charge in [0.2, 0.25) is 0 Å². The van der Waals surface area contributed by atoms with E-state index in [1.54, 1.807) is 0 Å². The summed E-state index contributed by atoms with van der Waals surface area (Å²) in [5.41, 5.74) is 14.2. The Morgan fingerprint density at radius 3 is 1.64 bits per heavy atom. The van der Waals surface area contributed by atoms with Gasteiger partial charge in [-0.1, -0.05) is 137 Å². The van der Waals surface area contributed by atoms with Crippen molar-refractivity contribution in [2.45, 2.75) is 0 Å². The van der Waals surface area contributed by atoms with Crippen molar-refractivity contribution in [2.24, 2.45) is 0 Å². The molecule has 0 fully saturated rings. The molecule has 0 aliphatic heterocycles. The van der Waals surface area contributed by atoms with Crippen LogP contribution in [0.4, 0.5) is 0 Å². The van der Waals surface area contributed by atoms with Gasteiger partial charge >= 0.3 is 0 Å². The third-order valence-corrected chi connectivity index (χ3v) is 11.8. The van der Waals surface area contributed by atoms with E-state index < -0.39 is 0 Å². The molecule has 0 saturated carbocycles. The first kappa shape index (κ1) is 31.8. The number of fused-ring (bicyclic) bond motifs is 7. The highest BCUT2D eigenvalue weighted by Gasteiger charge is 2.17. The Labute approximate surface area is 327 Å². The number of para-hydroxylation sites is 3. The van der Waals surface area contributed by atoms with E-state index in [4.69, 9.17) is 0 Å². The lowest BCUT2D eigenvalue weighted by Crippen LogP contribution is -1.94. The number of halogens is 1. The van der Waals surface area contributed by atoms with Gasteiger partial charge in [0, 0.05) is 37.4 Å². The van der Waals surface area contributed by atoms with Crippen LogP contribution in [0, 0.1) is 0 Å². The molecule has 0 N–H and O–H groups in total. The molecule has 2 heterocycles. The van der Waals surface area contributed by atoms with Gasteiger partial charge < -0.3 is 9.13 Å². The van der Waals surface area contributed by atoms with Crippen molar-refractivity contribution in [3.05, 3.63) is 205 Å². The molecule has 0 radical (unpaired) electrons. The molecule has 0 amide bonds. The largest absolute Gasteiger partial charge is 0.309 e. The zero-order valence-electron chi connectivity index (χ0n) is 29.8. The second-order valence-corrected chi connectivity index (χ2v) is 15.2. The summed E-state index contributed by atoms with van der Waals surface area (Å²) in [6.07, 6.45) is 0. The monoisotopic (exact) mass is 764 g/mol. The zero-order valence-corrected chi connectivity index (χ0v) is 31.4. The number of rotatable bonds is 5. The van der Waals surface area contributed by atoms with Gasteiger partial charge in [0.15, 0.2) is 0 Å². The second kappa shape index (κ2) is 12.7. The third kappa shape index (κ3) is 5.23. The first-order chi connectivity index (χ1) is 27.2. The highest BCUT2D eigenvalue weighted by atomic mass is 79.9. The summed E-state index contributed by atoms with van der Waals surface area (Å²) in [7, 11) is 0. The van der Waals surface area contributed by atoms with Gasteiger partial charge in [-0.05, 0) is 123 Å². The highest BCUT2D eigenvalue weighted by Crippen LogP contribution is 2.41. The minimum Gasteiger partial charge on any atom is -0.309 e. The van der Waals surface area contributed by atoms with Gasteiger partial charge in [0.25, 0.3) is 0 Å². The van der Waals surface area contributed by atoms with Gasteiger partial charge in [0.05, 0.1) is 22.1 Å². The maximum atomic E-state index is 3.88. The fourth-order valence-electron chi connectivity index (χ4n) is 8.56. The van der Waals surface area contributed by atoms with Gasteiger partial charge in [-0.2, -0.15) is 0 Å². The molecule has 0 aliphatic rings. The predicted octanol–water partition coefficient (Wildman–Crippen LogP) is 14.8. The summed E-state index contributed by atoms with van der Waals surface area (Å²) < 4.78 is 5.88. The molecule has 11 rings (SSSR count). The molecule has 3 heteroatoms. The van der Waals surface area contributed by atoms with Crippen molar-refractivity contribution in [1.29, 1.82) is 0 Å². The van der Waals surface area contributed by atoms with E-state index in [2.05, 4.69) is 225 Å². The minimum absolute atomic E-state index is 1.08. The normalized spacial score (nSPS) is 11.7. The van der Waals surface area contributed by atoms with Crippen molar-refractivity contribution in [3.8, 4) is 44.8 Å². The molecular formula is C52H33BrN2. The smallest absolute Gasteiger partial charge is 0.0547 e. The van der Waals surface area contributed by atoms with Gasteiger partial charge in [-0.15, -0.1) is 0 Å². The molecule has 0 spiro atoms. The van der Waals surface area contributed by atoms with Gasteiger partial charge in [-0.25, -0.2) is 0 Å². The Balaban J connectivity index is 1.12. The summed E-state index contributed by atoms with van der Waals surface area (Å²) in [5, 5.41) is 7.47. The Morgan fingerprint density at radius 2 is 0.855 bits per heavy atom. The van der Waals surface area contributed by atoms with E-state index in [-0.39, 0.29) is 0 Å².